The molecule has 2 N–H and O–H groups in total. The molecule has 0 bridgehead atoms. The summed E-state index contributed by atoms with van der Waals surface area (Å²) in [6.45, 7) is 2.70. The molecule has 1 saturated heterocycles. The first-order chi connectivity index (χ1) is 9.13. The van der Waals surface area contributed by atoms with Gasteiger partial charge in [-0.3, -0.25) is 0 Å². The Hall–Kier alpha value is -1.26. The van der Waals surface area contributed by atoms with Crippen LogP contribution in [0.2, 0.25) is 0 Å². The van der Waals surface area contributed by atoms with Gasteiger partial charge < -0.3 is 15.3 Å². The van der Waals surface area contributed by atoms with Crippen molar-refractivity contribution in [3.8, 4) is 0 Å². The average molecular weight is 268 g/mol. The summed E-state index contributed by atoms with van der Waals surface area (Å²) in [5.74, 6) is -0.302. The second-order valence-electron chi connectivity index (χ2n) is 5.72. The van der Waals surface area contributed by atoms with Crippen LogP contribution in [0.4, 0.5) is 4.79 Å². The number of carboxylic acid groups (broad SMARTS) is 1. The summed E-state index contributed by atoms with van der Waals surface area (Å²) < 4.78 is 0. The first kappa shape index (κ1) is 14.2. The molecule has 2 aliphatic rings. The highest BCUT2D eigenvalue weighted by atomic mass is 16.4. The lowest BCUT2D eigenvalue weighted by atomic mass is 9.85. The molecular formula is C14H24N2O3. The smallest absolute Gasteiger partial charge is 0.326 e. The third-order valence-electron chi connectivity index (χ3n) is 4.44. The number of urea groups is 1. The number of aliphatic carboxylic acids is 1. The maximum Gasteiger partial charge on any atom is 0.326 e. The van der Waals surface area contributed by atoms with Crippen molar-refractivity contribution in [2.24, 2.45) is 5.92 Å². The Morgan fingerprint density at radius 2 is 2.05 bits per heavy atom. The number of hydrogen-bond acceptors (Lipinski definition) is 2. The molecule has 0 aromatic rings. The molecule has 1 aliphatic heterocycles. The normalized spacial score (nSPS) is 27.7. The van der Waals surface area contributed by atoms with Crippen LogP contribution in [-0.2, 0) is 4.79 Å². The average Bonchev–Trinajstić information content (AvgIpc) is 2.81. The van der Waals surface area contributed by atoms with Crippen molar-refractivity contribution in [1.29, 1.82) is 0 Å². The molecule has 108 valence electrons. The minimum Gasteiger partial charge on any atom is -0.480 e. The highest BCUT2D eigenvalue weighted by molar-refractivity contribution is 5.82. The van der Waals surface area contributed by atoms with Crippen molar-refractivity contribution in [3.05, 3.63) is 0 Å². The number of rotatable bonds is 4. The Bertz CT molecular complexity index is 346. The van der Waals surface area contributed by atoms with Gasteiger partial charge in [-0.05, 0) is 31.6 Å². The maximum atomic E-state index is 12.2. The van der Waals surface area contributed by atoms with Crippen molar-refractivity contribution in [2.75, 3.05) is 6.54 Å². The third kappa shape index (κ3) is 3.19. The van der Waals surface area contributed by atoms with E-state index in [1.807, 2.05) is 11.8 Å². The van der Waals surface area contributed by atoms with Crippen LogP contribution < -0.4 is 5.32 Å². The van der Waals surface area contributed by atoms with Crippen LogP contribution in [0.5, 0.6) is 0 Å². The van der Waals surface area contributed by atoms with E-state index < -0.39 is 12.0 Å². The number of nitrogens with zero attached hydrogens (tertiary/aromatic N) is 1. The summed E-state index contributed by atoms with van der Waals surface area (Å²) in [7, 11) is 0. The molecular weight excluding hydrogens is 244 g/mol. The molecule has 1 aliphatic carbocycles. The van der Waals surface area contributed by atoms with Gasteiger partial charge in [0.25, 0.3) is 0 Å². The van der Waals surface area contributed by atoms with E-state index in [-0.39, 0.29) is 6.03 Å². The fourth-order valence-electron chi connectivity index (χ4n) is 3.44. The van der Waals surface area contributed by atoms with Crippen LogP contribution in [0, 0.1) is 5.92 Å². The van der Waals surface area contributed by atoms with Gasteiger partial charge in [-0.2, -0.15) is 0 Å². The number of nitrogens with one attached hydrogen (secondary N) is 1. The van der Waals surface area contributed by atoms with Crippen molar-refractivity contribution in [1.82, 2.24) is 10.2 Å². The quantitative estimate of drug-likeness (QED) is 0.821. The number of carbonyl (C=O) groups excluding carboxylic acids is 1. The van der Waals surface area contributed by atoms with Crippen molar-refractivity contribution >= 4 is 12.0 Å². The van der Waals surface area contributed by atoms with E-state index in [0.29, 0.717) is 18.4 Å². The van der Waals surface area contributed by atoms with E-state index in [2.05, 4.69) is 5.32 Å². The molecule has 2 amide bonds. The number of likely N-dealkylation sites (tertiary alicyclic amines) is 1. The van der Waals surface area contributed by atoms with E-state index in [9.17, 15) is 9.59 Å². The highest BCUT2D eigenvalue weighted by Gasteiger charge is 2.38. The number of carboxylic acids is 1. The second-order valence-corrected chi connectivity index (χ2v) is 5.72. The number of carbonyl (C=O) groups is 2. The third-order valence-corrected chi connectivity index (χ3v) is 4.44. The fourth-order valence-corrected chi connectivity index (χ4v) is 3.44. The Morgan fingerprint density at radius 3 is 2.74 bits per heavy atom. The van der Waals surface area contributed by atoms with E-state index >= 15 is 0 Å². The van der Waals surface area contributed by atoms with Crippen LogP contribution >= 0.6 is 0 Å². The summed E-state index contributed by atoms with van der Waals surface area (Å²) in [4.78, 5) is 25.2. The van der Waals surface area contributed by atoms with Gasteiger partial charge >= 0.3 is 12.0 Å². The van der Waals surface area contributed by atoms with Gasteiger partial charge in [-0.15, -0.1) is 0 Å². The van der Waals surface area contributed by atoms with Crippen molar-refractivity contribution in [2.45, 2.75) is 64.0 Å². The molecule has 2 unspecified atom stereocenters. The van der Waals surface area contributed by atoms with Gasteiger partial charge in [0.15, 0.2) is 0 Å². The lowest BCUT2D eigenvalue weighted by Gasteiger charge is -2.32. The Morgan fingerprint density at radius 1 is 1.32 bits per heavy atom. The first-order valence-corrected chi connectivity index (χ1v) is 7.43. The highest BCUT2D eigenvalue weighted by Crippen LogP contribution is 2.36. The molecule has 19 heavy (non-hydrogen) atoms. The summed E-state index contributed by atoms with van der Waals surface area (Å²) >= 11 is 0. The number of amides is 2. The van der Waals surface area contributed by atoms with Crippen molar-refractivity contribution < 1.29 is 14.7 Å². The molecule has 5 nitrogen and oxygen atoms in total. The summed E-state index contributed by atoms with van der Waals surface area (Å²) in [6.07, 6.45) is 7.05. The SMILES string of the molecule is CCC[C@H](NC(=O)N1CCC2CCCCC21)C(=O)O. The molecule has 3 atom stereocenters. The minimum atomic E-state index is -0.936. The zero-order chi connectivity index (χ0) is 13.8. The van der Waals surface area contributed by atoms with Gasteiger partial charge in [0, 0.05) is 12.6 Å². The fraction of sp³-hybridized carbons (Fsp3) is 0.857. The first-order valence-electron chi connectivity index (χ1n) is 7.43. The van der Waals surface area contributed by atoms with Gasteiger partial charge in [-0.25, -0.2) is 9.59 Å². The van der Waals surface area contributed by atoms with Gasteiger partial charge in [0.05, 0.1) is 0 Å². The lowest BCUT2D eigenvalue weighted by molar-refractivity contribution is -0.139. The van der Waals surface area contributed by atoms with Crippen molar-refractivity contribution in [3.63, 3.8) is 0 Å². The predicted octanol–water partition coefficient (Wildman–Crippen LogP) is 2.21. The monoisotopic (exact) mass is 268 g/mol. The molecule has 2 fully saturated rings. The van der Waals surface area contributed by atoms with E-state index in [1.165, 1.54) is 19.3 Å². The Kier molecular flexibility index (Phi) is 4.66. The van der Waals surface area contributed by atoms with Crippen LogP contribution in [0.1, 0.15) is 51.9 Å². The standard InChI is InChI=1S/C14H24N2O3/c1-2-5-11(13(17)18)15-14(19)16-9-8-10-6-3-4-7-12(10)16/h10-12H,2-9H2,1H3,(H,15,19)(H,17,18)/t10?,11-,12?/m0/s1. The Labute approximate surface area is 114 Å². The second kappa shape index (κ2) is 6.26. The van der Waals surface area contributed by atoms with Crippen LogP contribution in [0.25, 0.3) is 0 Å². The lowest BCUT2D eigenvalue weighted by Crippen LogP contribution is -2.50. The summed E-state index contributed by atoms with van der Waals surface area (Å²) in [5.41, 5.74) is 0. The maximum absolute atomic E-state index is 12.2. The molecule has 0 aromatic heterocycles. The van der Waals surface area contributed by atoms with Gasteiger partial charge in [0.2, 0.25) is 0 Å². The van der Waals surface area contributed by atoms with Crippen LogP contribution in [0.3, 0.4) is 0 Å². The van der Waals surface area contributed by atoms with E-state index in [0.717, 1.165) is 25.8 Å². The molecule has 0 radical (unpaired) electrons. The Balaban J connectivity index is 1.93. The largest absolute Gasteiger partial charge is 0.480 e. The predicted molar refractivity (Wildman–Crippen MR) is 71.9 cm³/mol. The van der Waals surface area contributed by atoms with E-state index in [1.54, 1.807) is 0 Å². The van der Waals surface area contributed by atoms with E-state index in [4.69, 9.17) is 5.11 Å². The van der Waals surface area contributed by atoms with Crippen LogP contribution in [-0.4, -0.2) is 40.6 Å². The minimum absolute atomic E-state index is 0.185. The molecule has 0 spiro atoms. The summed E-state index contributed by atoms with van der Waals surface area (Å²) in [5, 5.41) is 11.8. The molecule has 5 heteroatoms. The van der Waals surface area contributed by atoms with Gasteiger partial charge in [0.1, 0.15) is 6.04 Å². The topological polar surface area (TPSA) is 69.6 Å². The molecule has 1 heterocycles. The number of hydrogen-bond donors (Lipinski definition) is 2. The number of fused-ring (bicyclic) bond motifs is 1. The zero-order valence-corrected chi connectivity index (χ0v) is 11.6. The molecule has 1 saturated carbocycles. The van der Waals surface area contributed by atoms with Gasteiger partial charge in [-0.1, -0.05) is 26.2 Å². The molecule has 0 aromatic carbocycles. The zero-order valence-electron chi connectivity index (χ0n) is 11.6. The molecule has 2 rings (SSSR count). The summed E-state index contributed by atoms with van der Waals surface area (Å²) in [6, 6.07) is -0.597. The van der Waals surface area contributed by atoms with Crippen LogP contribution in [0.15, 0.2) is 0 Å².